The summed E-state index contributed by atoms with van der Waals surface area (Å²) < 4.78 is 29.4. The Hall–Kier alpha value is -2.25. The van der Waals surface area contributed by atoms with Crippen LogP contribution in [0.5, 0.6) is 0 Å². The van der Waals surface area contributed by atoms with Gasteiger partial charge < -0.3 is 10.3 Å². The Labute approximate surface area is 161 Å². The molecule has 0 atom stereocenters. The number of benzene rings is 1. The summed E-state index contributed by atoms with van der Waals surface area (Å²) in [5.41, 5.74) is 7.70. The molecule has 0 amide bonds. The zero-order valence-corrected chi connectivity index (χ0v) is 16.1. The fourth-order valence-electron chi connectivity index (χ4n) is 2.84. The van der Waals surface area contributed by atoms with E-state index in [9.17, 15) is 8.78 Å². The summed E-state index contributed by atoms with van der Waals surface area (Å²) in [6, 6.07) is 7.42. The topological polar surface area (TPSA) is 56.7 Å². The fraction of sp³-hybridized carbons (Fsp3) is 0.300. The van der Waals surface area contributed by atoms with Crippen LogP contribution >= 0.6 is 11.8 Å². The lowest BCUT2D eigenvalue weighted by molar-refractivity contribution is 0.577. The first-order valence-electron chi connectivity index (χ1n) is 8.80. The molecule has 0 aliphatic heterocycles. The van der Waals surface area contributed by atoms with Gasteiger partial charge in [0.1, 0.15) is 22.5 Å². The van der Waals surface area contributed by atoms with Gasteiger partial charge in [0.05, 0.1) is 12.2 Å². The highest BCUT2D eigenvalue weighted by Gasteiger charge is 2.21. The van der Waals surface area contributed by atoms with E-state index >= 15 is 0 Å². The van der Waals surface area contributed by atoms with Crippen LogP contribution in [0.2, 0.25) is 0 Å². The highest BCUT2D eigenvalue weighted by Crippen LogP contribution is 2.36. The minimum atomic E-state index is -0.593. The monoisotopic (exact) mass is 388 g/mol. The third kappa shape index (κ3) is 4.73. The van der Waals surface area contributed by atoms with Crippen molar-refractivity contribution in [2.24, 2.45) is 5.73 Å². The predicted octanol–water partition coefficient (Wildman–Crippen LogP) is 4.38. The molecule has 142 valence electrons. The van der Waals surface area contributed by atoms with E-state index in [1.165, 1.54) is 23.9 Å². The molecule has 27 heavy (non-hydrogen) atoms. The Balaban J connectivity index is 2.08. The molecule has 0 bridgehead atoms. The summed E-state index contributed by atoms with van der Waals surface area (Å²) in [6.07, 6.45) is 4.15. The molecular weight excluding hydrogens is 366 g/mol. The van der Waals surface area contributed by atoms with Gasteiger partial charge in [0, 0.05) is 29.8 Å². The summed E-state index contributed by atoms with van der Waals surface area (Å²) in [5, 5.41) is 0.877. The van der Waals surface area contributed by atoms with Gasteiger partial charge in [-0.2, -0.15) is 0 Å². The molecule has 0 radical (unpaired) electrons. The van der Waals surface area contributed by atoms with Crippen LogP contribution in [0.25, 0.3) is 0 Å². The number of pyridine rings is 1. The van der Waals surface area contributed by atoms with Crippen LogP contribution in [0.1, 0.15) is 36.8 Å². The smallest absolute Gasteiger partial charge is 0.127 e. The molecule has 0 unspecified atom stereocenters. The summed E-state index contributed by atoms with van der Waals surface area (Å²) in [7, 11) is 0. The molecule has 3 aromatic rings. The highest BCUT2D eigenvalue weighted by molar-refractivity contribution is 7.99. The molecule has 2 aromatic heterocycles. The first kappa shape index (κ1) is 19.5. The number of aromatic nitrogens is 3. The van der Waals surface area contributed by atoms with Gasteiger partial charge in [-0.25, -0.2) is 13.8 Å². The van der Waals surface area contributed by atoms with Crippen LogP contribution in [-0.2, 0) is 13.0 Å². The Morgan fingerprint density at radius 1 is 1.19 bits per heavy atom. The number of hydrogen-bond acceptors (Lipinski definition) is 4. The Bertz CT molecular complexity index is 890. The molecule has 0 saturated heterocycles. The van der Waals surface area contributed by atoms with Gasteiger partial charge in [-0.05, 0) is 36.2 Å². The van der Waals surface area contributed by atoms with Crippen LogP contribution in [-0.4, -0.2) is 21.1 Å². The first-order valence-corrected chi connectivity index (χ1v) is 9.61. The lowest BCUT2D eigenvalue weighted by Gasteiger charge is -2.13. The van der Waals surface area contributed by atoms with Crippen molar-refractivity contribution in [1.82, 2.24) is 14.5 Å². The molecule has 7 heteroatoms. The van der Waals surface area contributed by atoms with E-state index in [1.807, 2.05) is 12.1 Å². The van der Waals surface area contributed by atoms with Crippen molar-refractivity contribution in [3.05, 3.63) is 71.4 Å². The zero-order valence-electron chi connectivity index (χ0n) is 15.3. The van der Waals surface area contributed by atoms with E-state index in [0.29, 0.717) is 24.4 Å². The van der Waals surface area contributed by atoms with Crippen LogP contribution in [0, 0.1) is 11.6 Å². The van der Waals surface area contributed by atoms with Gasteiger partial charge in [0.2, 0.25) is 0 Å². The zero-order chi connectivity index (χ0) is 19.4. The maximum absolute atomic E-state index is 13.7. The molecular formula is C20H22F2N4S. The molecule has 0 aliphatic carbocycles. The maximum Gasteiger partial charge on any atom is 0.127 e. The molecule has 4 nitrogen and oxygen atoms in total. The van der Waals surface area contributed by atoms with Crippen molar-refractivity contribution < 1.29 is 8.78 Å². The number of imidazole rings is 1. The third-order valence-corrected chi connectivity index (χ3v) is 5.15. The van der Waals surface area contributed by atoms with Crippen LogP contribution in [0.4, 0.5) is 8.78 Å². The van der Waals surface area contributed by atoms with E-state index in [0.717, 1.165) is 28.2 Å². The van der Waals surface area contributed by atoms with Gasteiger partial charge in [-0.1, -0.05) is 31.7 Å². The Morgan fingerprint density at radius 2 is 1.93 bits per heavy atom. The summed E-state index contributed by atoms with van der Waals surface area (Å²) in [5.74, 6) is -0.157. The molecule has 0 fully saturated rings. The molecule has 1 aromatic carbocycles. The number of nitrogens with two attached hydrogens (primary N) is 1. The van der Waals surface area contributed by atoms with Crippen molar-refractivity contribution in [2.45, 2.75) is 42.7 Å². The standard InChI is InChI=1S/C20H22F2N4S/c1-13(2)19-20(27-17-9-15(21)8-16(22)10-17)26(18(25-19)5-6-23)12-14-4-3-7-24-11-14/h3-4,7-11,13H,5-6,12,23H2,1-2H3. The highest BCUT2D eigenvalue weighted by atomic mass is 32.2. The SMILES string of the molecule is CC(C)c1nc(CCN)n(Cc2cccnc2)c1Sc1cc(F)cc(F)c1. The number of nitrogens with zero attached hydrogens (tertiary/aromatic N) is 3. The lowest BCUT2D eigenvalue weighted by Crippen LogP contribution is -2.11. The van der Waals surface area contributed by atoms with Gasteiger partial charge in [-0.15, -0.1) is 0 Å². The van der Waals surface area contributed by atoms with E-state index in [-0.39, 0.29) is 5.92 Å². The second-order valence-electron chi connectivity index (χ2n) is 6.57. The number of halogens is 2. The van der Waals surface area contributed by atoms with Crippen molar-refractivity contribution in [3.8, 4) is 0 Å². The summed E-state index contributed by atoms with van der Waals surface area (Å²) in [4.78, 5) is 9.46. The van der Waals surface area contributed by atoms with Crippen molar-refractivity contribution >= 4 is 11.8 Å². The van der Waals surface area contributed by atoms with Crippen LogP contribution in [0.3, 0.4) is 0 Å². The minimum Gasteiger partial charge on any atom is -0.330 e. The fourth-order valence-corrected chi connectivity index (χ4v) is 4.07. The largest absolute Gasteiger partial charge is 0.330 e. The second-order valence-corrected chi connectivity index (χ2v) is 7.63. The normalized spacial score (nSPS) is 11.3. The van der Waals surface area contributed by atoms with E-state index in [2.05, 4.69) is 23.4 Å². The summed E-state index contributed by atoms with van der Waals surface area (Å²) in [6.45, 7) is 5.15. The molecule has 3 rings (SSSR count). The molecule has 2 N–H and O–H groups in total. The first-order chi connectivity index (χ1) is 13.0. The minimum absolute atomic E-state index is 0.164. The quantitative estimate of drug-likeness (QED) is 0.653. The second kappa shape index (κ2) is 8.63. The maximum atomic E-state index is 13.7. The molecule has 0 spiro atoms. The molecule has 0 saturated carbocycles. The van der Waals surface area contributed by atoms with E-state index < -0.39 is 11.6 Å². The van der Waals surface area contributed by atoms with E-state index in [4.69, 9.17) is 10.7 Å². The molecule has 0 aliphatic rings. The predicted molar refractivity (Wildman–Crippen MR) is 103 cm³/mol. The van der Waals surface area contributed by atoms with Crippen molar-refractivity contribution in [2.75, 3.05) is 6.54 Å². The third-order valence-electron chi connectivity index (χ3n) is 4.05. The van der Waals surface area contributed by atoms with Gasteiger partial charge in [0.25, 0.3) is 0 Å². The van der Waals surface area contributed by atoms with Gasteiger partial charge >= 0.3 is 0 Å². The van der Waals surface area contributed by atoms with Crippen molar-refractivity contribution in [3.63, 3.8) is 0 Å². The average Bonchev–Trinajstić information content (AvgIpc) is 2.93. The number of hydrogen-bond donors (Lipinski definition) is 1. The van der Waals surface area contributed by atoms with Crippen LogP contribution in [0.15, 0.2) is 52.6 Å². The van der Waals surface area contributed by atoms with Crippen LogP contribution < -0.4 is 5.73 Å². The number of rotatable bonds is 7. The lowest BCUT2D eigenvalue weighted by atomic mass is 10.1. The van der Waals surface area contributed by atoms with Gasteiger partial charge in [0.15, 0.2) is 0 Å². The Morgan fingerprint density at radius 3 is 2.52 bits per heavy atom. The summed E-state index contributed by atoms with van der Waals surface area (Å²) >= 11 is 1.32. The average molecular weight is 388 g/mol. The Kier molecular flexibility index (Phi) is 6.23. The van der Waals surface area contributed by atoms with E-state index in [1.54, 1.807) is 12.4 Å². The van der Waals surface area contributed by atoms with Gasteiger partial charge in [-0.3, -0.25) is 4.98 Å². The molecule has 2 heterocycles. The van der Waals surface area contributed by atoms with Crippen molar-refractivity contribution in [1.29, 1.82) is 0 Å².